The molecule has 1 aliphatic rings. The molecule has 1 aromatic rings. The van der Waals surface area contributed by atoms with Crippen LogP contribution in [0.15, 0.2) is 24.3 Å². The van der Waals surface area contributed by atoms with Crippen LogP contribution in [0.2, 0.25) is 0 Å². The summed E-state index contributed by atoms with van der Waals surface area (Å²) in [5.41, 5.74) is 0.364. The molecule has 1 aromatic carbocycles. The number of benzene rings is 1. The molecule has 0 atom stereocenters. The number of likely N-dealkylation sites (N-methyl/N-ethyl adjacent to an activating group) is 1. The number of piperazine rings is 1. The van der Waals surface area contributed by atoms with Crippen LogP contribution in [-0.4, -0.2) is 78.4 Å². The van der Waals surface area contributed by atoms with E-state index in [-0.39, 0.29) is 41.1 Å². The predicted molar refractivity (Wildman–Crippen MR) is 107 cm³/mol. The summed E-state index contributed by atoms with van der Waals surface area (Å²) in [6.07, 6.45) is 0. The fourth-order valence-electron chi connectivity index (χ4n) is 3.11. The van der Waals surface area contributed by atoms with Crippen LogP contribution in [0, 0.1) is 10.1 Å². The Morgan fingerprint density at radius 3 is 2.36 bits per heavy atom. The van der Waals surface area contributed by atoms with Gasteiger partial charge >= 0.3 is 0 Å². The van der Waals surface area contributed by atoms with E-state index in [2.05, 4.69) is 5.32 Å². The summed E-state index contributed by atoms with van der Waals surface area (Å²) in [5, 5.41) is 14.0. The van der Waals surface area contributed by atoms with Crippen LogP contribution in [0.4, 0.5) is 11.4 Å². The lowest BCUT2D eigenvalue weighted by atomic mass is 10.1. The standard InChI is InChI=1S/C19H29N5O4/c1-19(2,3)20-17(25)13-21(4)18(26)14-22-9-11-23(12-10-22)15-7-5-6-8-16(15)24(27)28/h5-8H,9-14H2,1-4H3,(H,20,25). The molecular weight excluding hydrogens is 362 g/mol. The zero-order valence-electron chi connectivity index (χ0n) is 17.0. The van der Waals surface area contributed by atoms with Crippen LogP contribution < -0.4 is 10.2 Å². The highest BCUT2D eigenvalue weighted by Gasteiger charge is 2.25. The van der Waals surface area contributed by atoms with Crippen LogP contribution in [0.5, 0.6) is 0 Å². The second-order valence-electron chi connectivity index (χ2n) is 8.06. The van der Waals surface area contributed by atoms with Gasteiger partial charge in [-0.1, -0.05) is 12.1 Å². The van der Waals surface area contributed by atoms with Gasteiger partial charge in [0, 0.05) is 44.8 Å². The number of nitrogens with zero attached hydrogens (tertiary/aromatic N) is 4. The first-order valence-electron chi connectivity index (χ1n) is 9.32. The first-order valence-corrected chi connectivity index (χ1v) is 9.32. The molecule has 28 heavy (non-hydrogen) atoms. The van der Waals surface area contributed by atoms with Gasteiger partial charge in [-0.25, -0.2) is 0 Å². The van der Waals surface area contributed by atoms with Crippen molar-refractivity contribution in [2.45, 2.75) is 26.3 Å². The van der Waals surface area contributed by atoms with Crippen LogP contribution in [-0.2, 0) is 9.59 Å². The van der Waals surface area contributed by atoms with E-state index in [1.807, 2.05) is 30.6 Å². The monoisotopic (exact) mass is 391 g/mol. The van der Waals surface area contributed by atoms with Crippen molar-refractivity contribution in [2.75, 3.05) is 51.2 Å². The smallest absolute Gasteiger partial charge is 0.292 e. The van der Waals surface area contributed by atoms with Crippen molar-refractivity contribution in [3.63, 3.8) is 0 Å². The second kappa shape index (κ2) is 9.01. The van der Waals surface area contributed by atoms with E-state index < -0.39 is 0 Å². The lowest BCUT2D eigenvalue weighted by molar-refractivity contribution is -0.384. The van der Waals surface area contributed by atoms with E-state index >= 15 is 0 Å². The van der Waals surface area contributed by atoms with Crippen molar-refractivity contribution in [1.29, 1.82) is 0 Å². The predicted octanol–water partition coefficient (Wildman–Crippen LogP) is 1.09. The Morgan fingerprint density at radius 2 is 1.79 bits per heavy atom. The van der Waals surface area contributed by atoms with Crippen molar-refractivity contribution in [2.24, 2.45) is 0 Å². The minimum Gasteiger partial charge on any atom is -0.363 e. The number of anilines is 1. The van der Waals surface area contributed by atoms with Gasteiger partial charge in [-0.2, -0.15) is 0 Å². The second-order valence-corrected chi connectivity index (χ2v) is 8.06. The zero-order chi connectivity index (χ0) is 20.9. The number of hydrogen-bond donors (Lipinski definition) is 1. The van der Waals surface area contributed by atoms with Crippen molar-refractivity contribution in [3.05, 3.63) is 34.4 Å². The minimum absolute atomic E-state index is 0.0201. The fourth-order valence-corrected chi connectivity index (χ4v) is 3.11. The van der Waals surface area contributed by atoms with E-state index in [4.69, 9.17) is 0 Å². The molecule has 2 amide bonds. The molecule has 0 aromatic heterocycles. The SMILES string of the molecule is CN(CC(=O)NC(C)(C)C)C(=O)CN1CCN(c2ccccc2[N+](=O)[O-])CC1. The van der Waals surface area contributed by atoms with Gasteiger partial charge in [0.15, 0.2) is 0 Å². The van der Waals surface area contributed by atoms with Crippen LogP contribution in [0.25, 0.3) is 0 Å². The molecule has 0 saturated carbocycles. The van der Waals surface area contributed by atoms with Crippen molar-refractivity contribution in [1.82, 2.24) is 15.1 Å². The number of nitro benzene ring substituents is 1. The summed E-state index contributed by atoms with van der Waals surface area (Å²) < 4.78 is 0. The highest BCUT2D eigenvalue weighted by atomic mass is 16.6. The third-order valence-corrected chi connectivity index (χ3v) is 4.47. The Kier molecular flexibility index (Phi) is 6.95. The minimum atomic E-state index is -0.372. The lowest BCUT2D eigenvalue weighted by Crippen LogP contribution is -2.51. The third kappa shape index (κ3) is 6.19. The molecule has 0 unspecified atom stereocenters. The largest absolute Gasteiger partial charge is 0.363 e. The molecule has 0 radical (unpaired) electrons. The fraction of sp³-hybridized carbons (Fsp3) is 0.579. The first kappa shape index (κ1) is 21.6. The van der Waals surface area contributed by atoms with Crippen molar-refractivity contribution >= 4 is 23.2 Å². The highest BCUT2D eigenvalue weighted by Crippen LogP contribution is 2.28. The van der Waals surface area contributed by atoms with Gasteiger partial charge < -0.3 is 15.1 Å². The van der Waals surface area contributed by atoms with Gasteiger partial charge in [0.05, 0.1) is 18.0 Å². The first-order chi connectivity index (χ1) is 13.1. The van der Waals surface area contributed by atoms with Crippen LogP contribution >= 0.6 is 0 Å². The number of nitro groups is 1. The molecule has 9 heteroatoms. The summed E-state index contributed by atoms with van der Waals surface area (Å²) >= 11 is 0. The Bertz CT molecular complexity index is 723. The van der Waals surface area contributed by atoms with E-state index in [0.717, 1.165) is 0 Å². The van der Waals surface area contributed by atoms with E-state index in [0.29, 0.717) is 31.9 Å². The zero-order valence-corrected chi connectivity index (χ0v) is 17.0. The average molecular weight is 391 g/mol. The topological polar surface area (TPSA) is 99.0 Å². The summed E-state index contributed by atoms with van der Waals surface area (Å²) in [4.78, 5) is 40.6. The molecule has 1 heterocycles. The maximum atomic E-state index is 12.4. The van der Waals surface area contributed by atoms with Crippen molar-refractivity contribution < 1.29 is 14.5 Å². The van der Waals surface area contributed by atoms with E-state index in [1.165, 1.54) is 11.0 Å². The quantitative estimate of drug-likeness (QED) is 0.576. The van der Waals surface area contributed by atoms with E-state index in [9.17, 15) is 19.7 Å². The molecule has 1 fully saturated rings. The average Bonchev–Trinajstić information content (AvgIpc) is 2.60. The van der Waals surface area contributed by atoms with Crippen molar-refractivity contribution in [3.8, 4) is 0 Å². The van der Waals surface area contributed by atoms with Gasteiger partial charge in [0.1, 0.15) is 5.69 Å². The number of carbonyl (C=O) groups excluding carboxylic acids is 2. The molecule has 1 saturated heterocycles. The summed E-state index contributed by atoms with van der Waals surface area (Å²) in [7, 11) is 1.62. The Balaban J connectivity index is 1.84. The van der Waals surface area contributed by atoms with Gasteiger partial charge in [0.25, 0.3) is 5.69 Å². The normalized spacial score (nSPS) is 15.2. The number of carbonyl (C=O) groups is 2. The van der Waals surface area contributed by atoms with Crippen LogP contribution in [0.3, 0.4) is 0 Å². The molecule has 1 N–H and O–H groups in total. The summed E-state index contributed by atoms with van der Waals surface area (Å²) in [6.45, 7) is 8.38. The molecule has 2 rings (SSSR count). The van der Waals surface area contributed by atoms with Crippen LogP contribution in [0.1, 0.15) is 20.8 Å². The maximum absolute atomic E-state index is 12.4. The number of nitrogens with one attached hydrogen (secondary N) is 1. The Hall–Kier alpha value is -2.68. The van der Waals surface area contributed by atoms with Gasteiger partial charge in [0.2, 0.25) is 11.8 Å². The van der Waals surface area contributed by atoms with Gasteiger partial charge in [-0.15, -0.1) is 0 Å². The maximum Gasteiger partial charge on any atom is 0.292 e. The molecule has 0 bridgehead atoms. The van der Waals surface area contributed by atoms with Gasteiger partial charge in [-0.05, 0) is 26.8 Å². The van der Waals surface area contributed by atoms with Gasteiger partial charge in [-0.3, -0.25) is 24.6 Å². The molecular formula is C19H29N5O4. The highest BCUT2D eigenvalue weighted by molar-refractivity contribution is 5.85. The molecule has 0 spiro atoms. The third-order valence-electron chi connectivity index (χ3n) is 4.47. The molecule has 0 aliphatic carbocycles. The Labute approximate surface area is 165 Å². The number of rotatable bonds is 6. The van der Waals surface area contributed by atoms with E-state index in [1.54, 1.807) is 25.2 Å². The number of para-hydroxylation sites is 2. The molecule has 1 aliphatic heterocycles. The summed E-state index contributed by atoms with van der Waals surface area (Å²) in [5.74, 6) is -0.312. The summed E-state index contributed by atoms with van der Waals surface area (Å²) in [6, 6.07) is 6.70. The molecule has 9 nitrogen and oxygen atoms in total. The molecule has 154 valence electrons. The number of hydrogen-bond acceptors (Lipinski definition) is 6. The lowest BCUT2D eigenvalue weighted by Gasteiger charge is -2.36. The Morgan fingerprint density at radius 1 is 1.18 bits per heavy atom. The number of amides is 2.